The Morgan fingerprint density at radius 3 is 2.00 bits per heavy atom. The third-order valence-electron chi connectivity index (χ3n) is 4.98. The highest BCUT2D eigenvalue weighted by atomic mass is 16.6. The van der Waals surface area contributed by atoms with Crippen LogP contribution in [-0.2, 0) is 4.74 Å². The number of hydrogen-bond donors (Lipinski definition) is 0. The molecule has 5 rings (SSSR count). The third kappa shape index (κ3) is 0.200. The highest BCUT2D eigenvalue weighted by Gasteiger charge is 2.85. The maximum atomic E-state index is 5.56. The Balaban J connectivity index is 1.67. The van der Waals surface area contributed by atoms with Crippen LogP contribution in [-0.4, -0.2) is 12.2 Å². The van der Waals surface area contributed by atoms with Crippen LogP contribution in [0.2, 0.25) is 0 Å². The molecule has 8 atom stereocenters. The summed E-state index contributed by atoms with van der Waals surface area (Å²) >= 11 is 0. The van der Waals surface area contributed by atoms with Crippen molar-refractivity contribution < 1.29 is 4.74 Å². The first-order valence-electron chi connectivity index (χ1n) is 4.62. The van der Waals surface area contributed by atoms with E-state index in [2.05, 4.69) is 0 Å². The van der Waals surface area contributed by atoms with Crippen LogP contribution in [0.25, 0.3) is 0 Å². The summed E-state index contributed by atoms with van der Waals surface area (Å²) in [5.74, 6) is 6.93. The average molecular weight is 134 g/mol. The summed E-state index contributed by atoms with van der Waals surface area (Å²) in [6.45, 7) is 0. The highest BCUT2D eigenvalue weighted by Crippen LogP contribution is 2.84. The molecular weight excluding hydrogens is 124 g/mol. The summed E-state index contributed by atoms with van der Waals surface area (Å²) < 4.78 is 5.56. The van der Waals surface area contributed by atoms with Crippen molar-refractivity contribution in [1.82, 2.24) is 0 Å². The van der Waals surface area contributed by atoms with Gasteiger partial charge in [-0.05, 0) is 41.9 Å². The van der Waals surface area contributed by atoms with E-state index >= 15 is 0 Å². The minimum atomic E-state index is 0.785. The van der Waals surface area contributed by atoms with Gasteiger partial charge in [0.25, 0.3) is 0 Å². The van der Waals surface area contributed by atoms with E-state index < -0.39 is 0 Å². The van der Waals surface area contributed by atoms with Crippen LogP contribution < -0.4 is 0 Å². The molecule has 0 aromatic rings. The minimum absolute atomic E-state index is 0.785. The predicted octanol–water partition coefficient (Wildman–Crippen LogP) is 0.895. The molecule has 4 aliphatic carbocycles. The normalized spacial score (nSPS) is 91.2. The van der Waals surface area contributed by atoms with Crippen LogP contribution in [0.1, 0.15) is 6.42 Å². The second-order valence-electron chi connectivity index (χ2n) is 4.94. The zero-order chi connectivity index (χ0) is 6.03. The first-order chi connectivity index (χ1) is 4.97. The van der Waals surface area contributed by atoms with E-state index in [0.717, 1.165) is 24.0 Å². The van der Waals surface area contributed by atoms with E-state index in [9.17, 15) is 0 Å². The first kappa shape index (κ1) is 4.10. The Morgan fingerprint density at radius 1 is 0.800 bits per heavy atom. The van der Waals surface area contributed by atoms with Gasteiger partial charge in [-0.25, -0.2) is 0 Å². The lowest BCUT2D eigenvalue weighted by atomic mass is 9.39. The number of rotatable bonds is 0. The number of fused-ring (bicyclic) bond motifs is 10. The Labute approximate surface area is 59.7 Å². The van der Waals surface area contributed by atoms with E-state index in [-0.39, 0.29) is 0 Å². The number of ether oxygens (including phenoxy) is 1. The quantitative estimate of drug-likeness (QED) is 0.354. The molecule has 0 N–H and O–H groups in total. The fourth-order valence-electron chi connectivity index (χ4n) is 4.48. The average Bonchev–Trinajstić information content (AvgIpc) is 2.65. The summed E-state index contributed by atoms with van der Waals surface area (Å²) in [4.78, 5) is 0. The Bertz CT molecular complexity index is 191. The smallest absolute Gasteiger partial charge is 0.0879 e. The van der Waals surface area contributed by atoms with Crippen LogP contribution >= 0.6 is 0 Å². The van der Waals surface area contributed by atoms with Crippen LogP contribution in [0.3, 0.4) is 0 Å². The molecule has 10 heavy (non-hydrogen) atoms. The molecule has 5 aliphatic rings. The molecule has 1 heterocycles. The molecule has 0 amide bonds. The van der Waals surface area contributed by atoms with E-state index in [1.165, 1.54) is 23.7 Å². The van der Waals surface area contributed by atoms with Gasteiger partial charge in [-0.2, -0.15) is 0 Å². The summed E-state index contributed by atoms with van der Waals surface area (Å²) in [7, 11) is 0. The van der Waals surface area contributed by atoms with Crippen LogP contribution in [0.5, 0.6) is 0 Å². The lowest BCUT2D eigenvalue weighted by molar-refractivity contribution is -0.148. The lowest BCUT2D eigenvalue weighted by Gasteiger charge is -2.62. The van der Waals surface area contributed by atoms with Gasteiger partial charge in [0.1, 0.15) is 0 Å². The maximum Gasteiger partial charge on any atom is 0.0879 e. The van der Waals surface area contributed by atoms with Crippen molar-refractivity contribution >= 4 is 0 Å². The highest BCUT2D eigenvalue weighted by molar-refractivity contribution is 5.32. The molecular formula is C9H10O. The maximum absolute atomic E-state index is 5.56. The lowest BCUT2D eigenvalue weighted by Crippen LogP contribution is -2.65. The van der Waals surface area contributed by atoms with Crippen LogP contribution in [0, 0.1) is 35.5 Å². The summed E-state index contributed by atoms with van der Waals surface area (Å²) in [6.07, 6.45) is 3.17. The van der Waals surface area contributed by atoms with Gasteiger partial charge in [0.2, 0.25) is 0 Å². The molecule has 0 bridgehead atoms. The van der Waals surface area contributed by atoms with Gasteiger partial charge < -0.3 is 4.74 Å². The van der Waals surface area contributed by atoms with Gasteiger partial charge in [-0.3, -0.25) is 0 Å². The van der Waals surface area contributed by atoms with Gasteiger partial charge in [-0.15, -0.1) is 0 Å². The molecule has 8 unspecified atom stereocenters. The Morgan fingerprint density at radius 2 is 1.40 bits per heavy atom. The molecule has 1 heteroatoms. The minimum Gasteiger partial charge on any atom is -0.369 e. The molecule has 0 radical (unpaired) electrons. The summed E-state index contributed by atoms with van der Waals surface area (Å²) in [6, 6.07) is 0. The van der Waals surface area contributed by atoms with Gasteiger partial charge in [0.05, 0.1) is 12.2 Å². The zero-order valence-corrected chi connectivity index (χ0v) is 5.73. The standard InChI is InChI=1S/C9H10O/c1-2-3(1)5-4(2)6-7(5)9-8(6)10-9/h2-9H,1H2. The molecule has 1 saturated heterocycles. The first-order valence-corrected chi connectivity index (χ1v) is 4.62. The van der Waals surface area contributed by atoms with E-state index in [1.807, 2.05) is 0 Å². The summed E-state index contributed by atoms with van der Waals surface area (Å²) in [5.41, 5.74) is 0. The van der Waals surface area contributed by atoms with Crippen molar-refractivity contribution in [2.24, 2.45) is 35.5 Å². The van der Waals surface area contributed by atoms with E-state index in [4.69, 9.17) is 4.74 Å². The number of epoxide rings is 1. The van der Waals surface area contributed by atoms with Crippen molar-refractivity contribution in [3.63, 3.8) is 0 Å². The SMILES string of the molecule is C1C2C1C1C2C2C3OC3C12. The molecule has 0 aromatic carbocycles. The fraction of sp³-hybridized carbons (Fsp3) is 1.00. The van der Waals surface area contributed by atoms with Crippen molar-refractivity contribution in [1.29, 1.82) is 0 Å². The molecule has 1 aliphatic heterocycles. The largest absolute Gasteiger partial charge is 0.369 e. The monoisotopic (exact) mass is 134 g/mol. The van der Waals surface area contributed by atoms with Gasteiger partial charge >= 0.3 is 0 Å². The van der Waals surface area contributed by atoms with Gasteiger partial charge in [-0.1, -0.05) is 0 Å². The topological polar surface area (TPSA) is 12.5 Å². The molecule has 1 nitrogen and oxygen atoms in total. The zero-order valence-electron chi connectivity index (χ0n) is 5.73. The molecule has 0 spiro atoms. The Hall–Kier alpha value is -0.0400. The second kappa shape index (κ2) is 0.842. The Kier molecular flexibility index (Phi) is 0.346. The van der Waals surface area contributed by atoms with Crippen molar-refractivity contribution in [3.8, 4) is 0 Å². The van der Waals surface area contributed by atoms with Crippen molar-refractivity contribution in [2.45, 2.75) is 18.6 Å². The fourth-order valence-corrected chi connectivity index (χ4v) is 4.48. The van der Waals surface area contributed by atoms with E-state index in [1.54, 1.807) is 6.42 Å². The van der Waals surface area contributed by atoms with E-state index in [0.29, 0.717) is 0 Å². The molecule has 0 aromatic heterocycles. The van der Waals surface area contributed by atoms with Gasteiger partial charge in [0, 0.05) is 0 Å². The molecule has 5 fully saturated rings. The van der Waals surface area contributed by atoms with Gasteiger partial charge in [0.15, 0.2) is 0 Å². The number of hydrogen-bond acceptors (Lipinski definition) is 1. The summed E-state index contributed by atoms with van der Waals surface area (Å²) in [5, 5.41) is 0. The van der Waals surface area contributed by atoms with Crippen molar-refractivity contribution in [2.75, 3.05) is 0 Å². The van der Waals surface area contributed by atoms with Crippen LogP contribution in [0.4, 0.5) is 0 Å². The molecule has 52 valence electrons. The van der Waals surface area contributed by atoms with Crippen LogP contribution in [0.15, 0.2) is 0 Å². The third-order valence-corrected chi connectivity index (χ3v) is 4.98. The molecule has 4 saturated carbocycles. The predicted molar refractivity (Wildman–Crippen MR) is 34.2 cm³/mol. The second-order valence-corrected chi connectivity index (χ2v) is 4.94. The van der Waals surface area contributed by atoms with Crippen molar-refractivity contribution in [3.05, 3.63) is 0 Å².